The van der Waals surface area contributed by atoms with Gasteiger partial charge in [0.25, 0.3) is 0 Å². The first-order valence-corrected chi connectivity index (χ1v) is 10.5. The van der Waals surface area contributed by atoms with Crippen LogP contribution in [0.1, 0.15) is 36.1 Å². The van der Waals surface area contributed by atoms with Gasteiger partial charge in [-0.1, -0.05) is 27.7 Å². The van der Waals surface area contributed by atoms with Gasteiger partial charge in [0.15, 0.2) is 0 Å². The molecule has 2 aliphatic rings. The number of rotatable bonds is 3. The molecule has 2 aromatic rings. The second kappa shape index (κ2) is 7.45. The average molecular weight is 442 g/mol. The Morgan fingerprint density at radius 3 is 2.67 bits per heavy atom. The summed E-state index contributed by atoms with van der Waals surface area (Å²) in [4.78, 5) is 31.2. The van der Waals surface area contributed by atoms with Crippen molar-refractivity contribution in [3.63, 3.8) is 0 Å². The van der Waals surface area contributed by atoms with Crippen molar-refractivity contribution in [1.82, 2.24) is 4.98 Å². The van der Waals surface area contributed by atoms with Crippen molar-refractivity contribution in [3.05, 3.63) is 51.6 Å². The van der Waals surface area contributed by atoms with Crippen LogP contribution in [-0.4, -0.2) is 22.0 Å². The minimum Gasteiger partial charge on any atom is -0.274 e. The summed E-state index contributed by atoms with van der Waals surface area (Å²) in [5, 5.41) is 9.50. The Balaban J connectivity index is 1.60. The number of fused-ring (bicyclic) bond motifs is 1. The molecule has 4 rings (SSSR count). The van der Waals surface area contributed by atoms with Gasteiger partial charge in [0, 0.05) is 16.6 Å². The Hall–Kier alpha value is -2.17. The van der Waals surface area contributed by atoms with Crippen LogP contribution in [0.15, 0.2) is 39.8 Å². The minimum atomic E-state index is -0.553. The van der Waals surface area contributed by atoms with Gasteiger partial charge in [0.05, 0.1) is 16.5 Å². The summed E-state index contributed by atoms with van der Waals surface area (Å²) in [7, 11) is 0. The number of halogens is 1. The van der Waals surface area contributed by atoms with Gasteiger partial charge in [-0.2, -0.15) is 5.26 Å². The van der Waals surface area contributed by atoms with E-state index in [0.717, 1.165) is 41.4 Å². The standard InChI is InChI=1S/C20H16BrN3O2S/c21-14-5-7-15(8-6-14)24-18(25)10-17(20(24)26)27-19-13(11-22)9-12-3-1-2-4-16(12)23-19/h5-9,17H,1-4,10H2. The van der Waals surface area contributed by atoms with E-state index in [-0.39, 0.29) is 18.2 Å². The molecule has 1 saturated heterocycles. The Morgan fingerprint density at radius 1 is 1.19 bits per heavy atom. The highest BCUT2D eigenvalue weighted by molar-refractivity contribution is 9.10. The van der Waals surface area contributed by atoms with Crippen LogP contribution in [0.2, 0.25) is 0 Å². The molecule has 2 heterocycles. The summed E-state index contributed by atoms with van der Waals surface area (Å²) in [6.07, 6.45) is 4.17. The van der Waals surface area contributed by atoms with Crippen molar-refractivity contribution in [1.29, 1.82) is 5.26 Å². The van der Waals surface area contributed by atoms with Gasteiger partial charge in [0.1, 0.15) is 11.1 Å². The van der Waals surface area contributed by atoms with Gasteiger partial charge in [0.2, 0.25) is 11.8 Å². The van der Waals surface area contributed by atoms with E-state index in [9.17, 15) is 14.9 Å². The number of carbonyl (C=O) groups excluding carboxylic acids is 2. The Morgan fingerprint density at radius 2 is 1.93 bits per heavy atom. The molecule has 1 aromatic carbocycles. The lowest BCUT2D eigenvalue weighted by Gasteiger charge is -2.18. The summed E-state index contributed by atoms with van der Waals surface area (Å²) in [6.45, 7) is 0. The van der Waals surface area contributed by atoms with Crippen molar-refractivity contribution in [3.8, 4) is 6.07 Å². The van der Waals surface area contributed by atoms with Gasteiger partial charge >= 0.3 is 0 Å². The minimum absolute atomic E-state index is 0.114. The summed E-state index contributed by atoms with van der Waals surface area (Å²) in [5.41, 5.74) is 3.20. The number of aromatic nitrogens is 1. The fourth-order valence-electron chi connectivity index (χ4n) is 3.48. The first-order chi connectivity index (χ1) is 13.1. The number of nitrogens with zero attached hydrogens (tertiary/aromatic N) is 3. The lowest BCUT2D eigenvalue weighted by atomic mass is 9.95. The van der Waals surface area contributed by atoms with Crippen LogP contribution in [-0.2, 0) is 22.4 Å². The zero-order valence-corrected chi connectivity index (χ0v) is 16.8. The SMILES string of the molecule is N#Cc1cc2c(nc1SC1CC(=O)N(c3ccc(Br)cc3)C1=O)CCCC2. The molecule has 0 saturated carbocycles. The summed E-state index contributed by atoms with van der Waals surface area (Å²) < 4.78 is 0.883. The van der Waals surface area contributed by atoms with E-state index in [1.807, 2.05) is 6.07 Å². The Labute approximate surface area is 169 Å². The maximum atomic E-state index is 12.9. The number of pyridine rings is 1. The van der Waals surface area contributed by atoms with Crippen molar-refractivity contribution in [2.75, 3.05) is 4.90 Å². The van der Waals surface area contributed by atoms with E-state index in [1.54, 1.807) is 24.3 Å². The molecule has 0 radical (unpaired) electrons. The van der Waals surface area contributed by atoms with E-state index < -0.39 is 5.25 Å². The molecule has 0 N–H and O–H groups in total. The summed E-state index contributed by atoms with van der Waals surface area (Å²) >= 11 is 4.59. The largest absolute Gasteiger partial charge is 0.274 e. The number of imide groups is 1. The van der Waals surface area contributed by atoms with E-state index in [4.69, 9.17) is 0 Å². The molecule has 1 unspecified atom stereocenters. The number of hydrogen-bond acceptors (Lipinski definition) is 5. The zero-order valence-electron chi connectivity index (χ0n) is 14.4. The van der Waals surface area contributed by atoms with Gasteiger partial charge < -0.3 is 0 Å². The predicted molar refractivity (Wildman–Crippen MR) is 106 cm³/mol. The number of aryl methyl sites for hydroxylation is 2. The van der Waals surface area contributed by atoms with Gasteiger partial charge in [-0.3, -0.25) is 9.59 Å². The van der Waals surface area contributed by atoms with Crippen LogP contribution in [0, 0.1) is 11.3 Å². The van der Waals surface area contributed by atoms with E-state index in [2.05, 4.69) is 27.0 Å². The smallest absolute Gasteiger partial charge is 0.247 e. The molecule has 1 aliphatic carbocycles. The van der Waals surface area contributed by atoms with Crippen LogP contribution in [0.4, 0.5) is 5.69 Å². The summed E-state index contributed by atoms with van der Waals surface area (Å²) in [6, 6.07) is 11.2. The zero-order chi connectivity index (χ0) is 19.0. The highest BCUT2D eigenvalue weighted by Crippen LogP contribution is 2.36. The van der Waals surface area contributed by atoms with Crippen molar-refractivity contribution in [2.45, 2.75) is 42.4 Å². The normalized spacial score (nSPS) is 19.1. The summed E-state index contributed by atoms with van der Waals surface area (Å²) in [5.74, 6) is -0.480. The van der Waals surface area contributed by atoms with Crippen LogP contribution in [0.3, 0.4) is 0 Å². The number of thioether (sulfide) groups is 1. The van der Waals surface area contributed by atoms with Crippen molar-refractivity contribution >= 4 is 45.2 Å². The molecular formula is C20H16BrN3O2S. The molecule has 0 spiro atoms. The third-order valence-electron chi connectivity index (χ3n) is 4.83. The van der Waals surface area contributed by atoms with Gasteiger partial charge in [-0.15, -0.1) is 0 Å². The second-order valence-corrected chi connectivity index (χ2v) is 8.73. The number of carbonyl (C=O) groups is 2. The molecule has 27 heavy (non-hydrogen) atoms. The Bertz CT molecular complexity index is 968. The third kappa shape index (κ3) is 3.52. The average Bonchev–Trinajstić information content (AvgIpc) is 2.95. The number of nitriles is 1. The maximum absolute atomic E-state index is 12.9. The molecular weight excluding hydrogens is 426 g/mol. The second-order valence-electron chi connectivity index (χ2n) is 6.62. The van der Waals surface area contributed by atoms with Crippen molar-refractivity contribution < 1.29 is 9.59 Å². The fourth-order valence-corrected chi connectivity index (χ4v) is 4.84. The maximum Gasteiger partial charge on any atom is 0.247 e. The molecule has 1 atom stereocenters. The number of hydrogen-bond donors (Lipinski definition) is 0. The van der Waals surface area contributed by atoms with Crippen LogP contribution < -0.4 is 4.90 Å². The first-order valence-electron chi connectivity index (χ1n) is 8.78. The molecule has 136 valence electrons. The van der Waals surface area contributed by atoms with E-state index in [0.29, 0.717) is 16.3 Å². The topological polar surface area (TPSA) is 74.1 Å². The molecule has 5 nitrogen and oxygen atoms in total. The third-order valence-corrected chi connectivity index (χ3v) is 6.55. The monoisotopic (exact) mass is 441 g/mol. The molecule has 1 aliphatic heterocycles. The highest BCUT2D eigenvalue weighted by Gasteiger charge is 2.40. The number of anilines is 1. The van der Waals surface area contributed by atoms with E-state index >= 15 is 0 Å². The first kappa shape index (κ1) is 18.2. The van der Waals surface area contributed by atoms with Crippen LogP contribution in [0.25, 0.3) is 0 Å². The van der Waals surface area contributed by atoms with Crippen LogP contribution in [0.5, 0.6) is 0 Å². The quantitative estimate of drug-likeness (QED) is 0.672. The van der Waals surface area contributed by atoms with Gasteiger partial charge in [-0.25, -0.2) is 9.88 Å². The molecule has 1 aromatic heterocycles. The van der Waals surface area contributed by atoms with E-state index in [1.165, 1.54) is 16.7 Å². The molecule has 7 heteroatoms. The van der Waals surface area contributed by atoms with Crippen molar-refractivity contribution in [2.24, 2.45) is 0 Å². The lowest BCUT2D eigenvalue weighted by molar-refractivity contribution is -0.121. The predicted octanol–water partition coefficient (Wildman–Crippen LogP) is 4.02. The Kier molecular flexibility index (Phi) is 5.02. The number of benzene rings is 1. The lowest BCUT2D eigenvalue weighted by Crippen LogP contribution is -2.31. The molecule has 2 amide bonds. The highest BCUT2D eigenvalue weighted by atomic mass is 79.9. The fraction of sp³-hybridized carbons (Fsp3) is 0.300. The van der Waals surface area contributed by atoms with Crippen LogP contribution >= 0.6 is 27.7 Å². The number of amides is 2. The molecule has 0 bridgehead atoms. The molecule has 1 fully saturated rings. The van der Waals surface area contributed by atoms with Gasteiger partial charge in [-0.05, 0) is 61.6 Å².